The molecule has 0 spiro atoms. The van der Waals surface area contributed by atoms with E-state index >= 15 is 0 Å². The van der Waals surface area contributed by atoms with Gasteiger partial charge in [-0.25, -0.2) is 0 Å². The average Bonchev–Trinajstić information content (AvgIpc) is 3.46. The summed E-state index contributed by atoms with van der Waals surface area (Å²) in [6.07, 6.45) is 2.05. The SMILES string of the molecule is CN(C)Cc1cc2c(o1)CN(C(=O)c1ccc(C3CC3c3ccccc3)cc1)CC2.Cl. The van der Waals surface area contributed by atoms with Gasteiger partial charge in [-0.15, -0.1) is 12.4 Å². The van der Waals surface area contributed by atoms with Crippen molar-refractivity contribution in [1.29, 1.82) is 0 Å². The number of nitrogens with zero attached hydrogens (tertiary/aromatic N) is 2. The van der Waals surface area contributed by atoms with E-state index in [-0.39, 0.29) is 18.3 Å². The van der Waals surface area contributed by atoms with E-state index in [9.17, 15) is 4.79 Å². The van der Waals surface area contributed by atoms with Crippen LogP contribution in [0.3, 0.4) is 0 Å². The first kappa shape index (κ1) is 21.7. The molecule has 2 aromatic carbocycles. The highest BCUT2D eigenvalue weighted by Gasteiger charge is 2.39. The lowest BCUT2D eigenvalue weighted by molar-refractivity contribution is 0.0718. The maximum absolute atomic E-state index is 13.1. The van der Waals surface area contributed by atoms with E-state index in [1.165, 1.54) is 23.1 Å². The van der Waals surface area contributed by atoms with Crippen molar-refractivity contribution in [3.05, 3.63) is 94.4 Å². The molecular formula is C26H29ClN2O2. The third-order valence-electron chi connectivity index (χ3n) is 6.30. The Morgan fingerprint density at radius 1 is 1.03 bits per heavy atom. The number of hydrogen-bond acceptors (Lipinski definition) is 3. The van der Waals surface area contributed by atoms with Gasteiger partial charge in [0.15, 0.2) is 0 Å². The molecule has 3 aromatic rings. The molecule has 0 bridgehead atoms. The van der Waals surface area contributed by atoms with Gasteiger partial charge in [-0.3, -0.25) is 4.79 Å². The molecule has 1 saturated carbocycles. The van der Waals surface area contributed by atoms with E-state index in [1.807, 2.05) is 31.1 Å². The van der Waals surface area contributed by atoms with Gasteiger partial charge in [0.1, 0.15) is 11.5 Å². The van der Waals surface area contributed by atoms with Gasteiger partial charge < -0.3 is 14.2 Å². The monoisotopic (exact) mass is 436 g/mol. The Morgan fingerprint density at radius 3 is 2.39 bits per heavy atom. The molecule has 1 aliphatic heterocycles. The normalized spacial score (nSPS) is 19.6. The van der Waals surface area contributed by atoms with E-state index in [1.54, 1.807) is 0 Å². The standard InChI is InChI=1S/C26H28N2O2.ClH/c1-27(2)16-22-14-21-12-13-28(17-25(21)30-22)26(29)20-10-8-19(9-11-20)24-15-23(24)18-6-4-3-5-7-18;/h3-11,14,23-24H,12-13,15-17H2,1-2H3;1H. The minimum atomic E-state index is 0. The van der Waals surface area contributed by atoms with Gasteiger partial charge in [0.05, 0.1) is 13.1 Å². The summed E-state index contributed by atoms with van der Waals surface area (Å²) >= 11 is 0. The van der Waals surface area contributed by atoms with Crippen LogP contribution >= 0.6 is 12.4 Å². The van der Waals surface area contributed by atoms with Gasteiger partial charge in [-0.05, 0) is 73.7 Å². The van der Waals surface area contributed by atoms with E-state index in [0.29, 0.717) is 18.4 Å². The first-order chi connectivity index (χ1) is 14.6. The van der Waals surface area contributed by atoms with Gasteiger partial charge in [0.25, 0.3) is 5.91 Å². The Balaban J connectivity index is 0.00000231. The van der Waals surface area contributed by atoms with Crippen LogP contribution in [0.4, 0.5) is 0 Å². The van der Waals surface area contributed by atoms with Crippen LogP contribution < -0.4 is 0 Å². The van der Waals surface area contributed by atoms with E-state index < -0.39 is 0 Å². The first-order valence-electron chi connectivity index (χ1n) is 10.8. The van der Waals surface area contributed by atoms with Crippen LogP contribution in [0.1, 0.15) is 56.8 Å². The van der Waals surface area contributed by atoms with Crippen molar-refractivity contribution >= 4 is 18.3 Å². The zero-order valence-electron chi connectivity index (χ0n) is 18.1. The van der Waals surface area contributed by atoms with Gasteiger partial charge >= 0.3 is 0 Å². The highest BCUT2D eigenvalue weighted by molar-refractivity contribution is 5.94. The molecule has 2 heterocycles. The van der Waals surface area contributed by atoms with Crippen LogP contribution in [-0.4, -0.2) is 36.3 Å². The topological polar surface area (TPSA) is 36.7 Å². The smallest absolute Gasteiger partial charge is 0.254 e. The van der Waals surface area contributed by atoms with Gasteiger partial charge in [0.2, 0.25) is 0 Å². The maximum atomic E-state index is 13.1. The van der Waals surface area contributed by atoms with Gasteiger partial charge in [-0.2, -0.15) is 0 Å². The number of benzene rings is 2. The molecule has 5 heteroatoms. The molecule has 2 aliphatic rings. The molecule has 4 nitrogen and oxygen atoms in total. The summed E-state index contributed by atoms with van der Waals surface area (Å²) in [4.78, 5) is 17.1. The van der Waals surface area contributed by atoms with Crippen molar-refractivity contribution < 1.29 is 9.21 Å². The average molecular weight is 437 g/mol. The fourth-order valence-corrected chi connectivity index (χ4v) is 4.63. The van der Waals surface area contributed by atoms with E-state index in [0.717, 1.165) is 36.6 Å². The number of halogens is 1. The van der Waals surface area contributed by atoms with Crippen LogP contribution in [0.2, 0.25) is 0 Å². The largest absolute Gasteiger partial charge is 0.463 e. The van der Waals surface area contributed by atoms with Crippen molar-refractivity contribution in [2.75, 3.05) is 20.6 Å². The second kappa shape index (κ2) is 8.89. The fraction of sp³-hybridized carbons (Fsp3) is 0.346. The Kier molecular flexibility index (Phi) is 6.22. The van der Waals surface area contributed by atoms with Crippen LogP contribution in [0.5, 0.6) is 0 Å². The van der Waals surface area contributed by atoms with Crippen molar-refractivity contribution in [3.8, 4) is 0 Å². The molecule has 1 amide bonds. The quantitative estimate of drug-likeness (QED) is 0.549. The minimum Gasteiger partial charge on any atom is -0.463 e. The van der Waals surface area contributed by atoms with Crippen molar-refractivity contribution in [3.63, 3.8) is 0 Å². The summed E-state index contributed by atoms with van der Waals surface area (Å²) in [6, 6.07) is 21.1. The number of fused-ring (bicyclic) bond motifs is 1. The Hall–Kier alpha value is -2.56. The first-order valence-corrected chi connectivity index (χ1v) is 10.8. The van der Waals surface area contributed by atoms with Crippen molar-refractivity contribution in [2.45, 2.75) is 37.8 Å². The maximum Gasteiger partial charge on any atom is 0.254 e. The van der Waals surface area contributed by atoms with Crippen LogP contribution in [0.25, 0.3) is 0 Å². The summed E-state index contributed by atoms with van der Waals surface area (Å²) in [7, 11) is 4.06. The minimum absolute atomic E-state index is 0. The summed E-state index contributed by atoms with van der Waals surface area (Å²) in [5, 5.41) is 0. The Labute approximate surface area is 190 Å². The lowest BCUT2D eigenvalue weighted by atomic mass is 10.0. The molecule has 162 valence electrons. The summed E-state index contributed by atoms with van der Waals surface area (Å²) in [5.74, 6) is 3.19. The van der Waals surface area contributed by atoms with Crippen LogP contribution in [-0.2, 0) is 19.5 Å². The lowest BCUT2D eigenvalue weighted by Crippen LogP contribution is -2.35. The zero-order chi connectivity index (χ0) is 20.7. The third kappa shape index (κ3) is 4.56. The lowest BCUT2D eigenvalue weighted by Gasteiger charge is -2.26. The second-order valence-corrected chi connectivity index (χ2v) is 8.86. The summed E-state index contributed by atoms with van der Waals surface area (Å²) in [5.41, 5.74) is 4.76. The number of amides is 1. The molecule has 0 radical (unpaired) electrons. The number of carbonyl (C=O) groups excluding carboxylic acids is 1. The highest BCUT2D eigenvalue weighted by atomic mass is 35.5. The van der Waals surface area contributed by atoms with Crippen molar-refractivity contribution in [2.24, 2.45) is 0 Å². The van der Waals surface area contributed by atoms with Gasteiger partial charge in [0, 0.05) is 12.1 Å². The molecule has 0 N–H and O–H groups in total. The Morgan fingerprint density at radius 2 is 1.71 bits per heavy atom. The zero-order valence-corrected chi connectivity index (χ0v) is 18.9. The molecule has 5 rings (SSSR count). The number of hydrogen-bond donors (Lipinski definition) is 0. The molecule has 2 unspecified atom stereocenters. The highest BCUT2D eigenvalue weighted by Crippen LogP contribution is 2.54. The number of rotatable bonds is 5. The van der Waals surface area contributed by atoms with Gasteiger partial charge in [-0.1, -0.05) is 42.5 Å². The molecule has 2 atom stereocenters. The second-order valence-electron chi connectivity index (χ2n) is 8.86. The fourth-order valence-electron chi connectivity index (χ4n) is 4.63. The summed E-state index contributed by atoms with van der Waals surface area (Å²) in [6.45, 7) is 2.09. The van der Waals surface area contributed by atoms with Crippen LogP contribution in [0, 0.1) is 0 Å². The Bertz CT molecular complexity index is 1040. The summed E-state index contributed by atoms with van der Waals surface area (Å²) < 4.78 is 6.01. The van der Waals surface area contributed by atoms with E-state index in [4.69, 9.17) is 4.42 Å². The molecular weight excluding hydrogens is 408 g/mol. The molecule has 0 saturated heterocycles. The predicted octanol–water partition coefficient (Wildman–Crippen LogP) is 5.23. The molecule has 1 fully saturated rings. The number of carbonyl (C=O) groups is 1. The third-order valence-corrected chi connectivity index (χ3v) is 6.30. The molecule has 1 aromatic heterocycles. The molecule has 31 heavy (non-hydrogen) atoms. The predicted molar refractivity (Wildman–Crippen MR) is 125 cm³/mol. The van der Waals surface area contributed by atoms with Crippen molar-refractivity contribution in [1.82, 2.24) is 9.80 Å². The number of furan rings is 1. The van der Waals surface area contributed by atoms with E-state index in [2.05, 4.69) is 53.4 Å². The molecule has 1 aliphatic carbocycles. The van der Waals surface area contributed by atoms with Crippen LogP contribution in [0.15, 0.2) is 65.1 Å².